The van der Waals surface area contributed by atoms with Gasteiger partial charge in [0.15, 0.2) is 0 Å². The summed E-state index contributed by atoms with van der Waals surface area (Å²) in [7, 11) is 0. The molecule has 2 aliphatic rings. The molecule has 1 fully saturated rings. The van der Waals surface area contributed by atoms with Gasteiger partial charge in [-0.2, -0.15) is 0 Å². The fourth-order valence-electron chi connectivity index (χ4n) is 5.79. The topological polar surface area (TPSA) is 9.23 Å². The molecule has 0 radical (unpaired) electrons. The first kappa shape index (κ1) is 23.3. The molecular weight excluding hydrogens is 402 g/mol. The second kappa shape index (κ2) is 10.8. The van der Waals surface area contributed by atoms with Crippen LogP contribution in [0.3, 0.4) is 0 Å². The molecule has 3 heteroatoms. The molecule has 0 aliphatic heterocycles. The Morgan fingerprint density at radius 3 is 2.28 bits per heavy atom. The Bertz CT molecular complexity index is 875. The Morgan fingerprint density at radius 2 is 1.59 bits per heavy atom. The Balaban J connectivity index is 1.44. The van der Waals surface area contributed by atoms with Crippen molar-refractivity contribution in [2.75, 3.05) is 6.61 Å². The number of unbranched alkanes of at least 4 members (excludes halogenated alkanes) is 1. The van der Waals surface area contributed by atoms with Gasteiger partial charge in [0.2, 0.25) is 0 Å². The largest absolute Gasteiger partial charge is 0.494 e. The predicted octanol–water partition coefficient (Wildman–Crippen LogP) is 8.49. The maximum absolute atomic E-state index is 15.2. The van der Waals surface area contributed by atoms with Crippen molar-refractivity contribution in [1.82, 2.24) is 0 Å². The minimum absolute atomic E-state index is 0.0938. The van der Waals surface area contributed by atoms with Crippen molar-refractivity contribution >= 4 is 0 Å². The third-order valence-corrected chi connectivity index (χ3v) is 7.67. The molecule has 174 valence electrons. The number of aryl methyl sites for hydroxylation is 1. The van der Waals surface area contributed by atoms with Crippen LogP contribution < -0.4 is 4.74 Å². The van der Waals surface area contributed by atoms with E-state index in [1.165, 1.54) is 43.2 Å². The zero-order chi connectivity index (χ0) is 22.5. The minimum Gasteiger partial charge on any atom is -0.494 e. The molecule has 0 heterocycles. The molecule has 0 amide bonds. The van der Waals surface area contributed by atoms with Gasteiger partial charge in [-0.15, -0.1) is 0 Å². The van der Waals surface area contributed by atoms with E-state index < -0.39 is 0 Å². The Morgan fingerprint density at radius 1 is 0.844 bits per heavy atom. The first-order valence-electron chi connectivity index (χ1n) is 12.8. The summed E-state index contributed by atoms with van der Waals surface area (Å²) in [5.41, 5.74) is 3.61. The van der Waals surface area contributed by atoms with Crippen LogP contribution in [-0.2, 0) is 12.8 Å². The molecule has 1 atom stereocenters. The van der Waals surface area contributed by atoms with Crippen molar-refractivity contribution < 1.29 is 13.5 Å². The van der Waals surface area contributed by atoms with Gasteiger partial charge < -0.3 is 4.74 Å². The van der Waals surface area contributed by atoms with E-state index in [1.54, 1.807) is 12.1 Å². The number of rotatable bonds is 8. The lowest BCUT2D eigenvalue weighted by Gasteiger charge is -2.30. The molecule has 0 spiro atoms. The highest BCUT2D eigenvalue weighted by Gasteiger charge is 2.28. The molecule has 0 bridgehead atoms. The van der Waals surface area contributed by atoms with E-state index >= 15 is 8.78 Å². The van der Waals surface area contributed by atoms with Crippen molar-refractivity contribution in [3.05, 3.63) is 64.2 Å². The highest BCUT2D eigenvalue weighted by atomic mass is 19.1. The minimum atomic E-state index is -0.343. The van der Waals surface area contributed by atoms with Gasteiger partial charge in [0, 0.05) is 5.56 Å². The van der Waals surface area contributed by atoms with E-state index in [0.717, 1.165) is 49.3 Å². The van der Waals surface area contributed by atoms with Crippen LogP contribution in [0.2, 0.25) is 0 Å². The fourth-order valence-corrected chi connectivity index (χ4v) is 5.79. The number of hydrogen-bond donors (Lipinski definition) is 0. The summed E-state index contributed by atoms with van der Waals surface area (Å²) >= 11 is 0. The summed E-state index contributed by atoms with van der Waals surface area (Å²) in [4.78, 5) is 0. The maximum atomic E-state index is 15.2. The number of hydrogen-bond acceptors (Lipinski definition) is 1. The summed E-state index contributed by atoms with van der Waals surface area (Å²) in [5, 5.41) is 0. The Labute approximate surface area is 192 Å². The van der Waals surface area contributed by atoms with E-state index in [1.807, 2.05) is 6.07 Å². The molecule has 2 aromatic carbocycles. The summed E-state index contributed by atoms with van der Waals surface area (Å²) in [6.45, 7) is 5.05. The van der Waals surface area contributed by atoms with E-state index in [0.29, 0.717) is 24.5 Å². The highest BCUT2D eigenvalue weighted by molar-refractivity contribution is 5.40. The molecule has 0 aromatic heterocycles. The zero-order valence-corrected chi connectivity index (χ0v) is 19.8. The number of ether oxygens (including phenoxy) is 1. The van der Waals surface area contributed by atoms with Crippen molar-refractivity contribution in [3.8, 4) is 5.75 Å². The quantitative estimate of drug-likeness (QED) is 0.400. The fraction of sp³-hybridized carbons (Fsp3) is 0.586. The molecule has 32 heavy (non-hydrogen) atoms. The van der Waals surface area contributed by atoms with Crippen LogP contribution in [-0.4, -0.2) is 6.61 Å². The lowest BCUT2D eigenvalue weighted by molar-refractivity contribution is 0.303. The molecule has 1 unspecified atom stereocenters. The van der Waals surface area contributed by atoms with Crippen LogP contribution in [0.5, 0.6) is 5.75 Å². The molecule has 2 aromatic rings. The predicted molar refractivity (Wildman–Crippen MR) is 128 cm³/mol. The highest BCUT2D eigenvalue weighted by Crippen LogP contribution is 2.41. The number of benzene rings is 2. The second-order valence-corrected chi connectivity index (χ2v) is 9.98. The van der Waals surface area contributed by atoms with Gasteiger partial charge in [-0.3, -0.25) is 0 Å². The van der Waals surface area contributed by atoms with Gasteiger partial charge in [0.1, 0.15) is 17.4 Å². The average Bonchev–Trinajstić information content (AvgIpc) is 2.81. The molecule has 2 aliphatic carbocycles. The van der Waals surface area contributed by atoms with Crippen LogP contribution in [0.15, 0.2) is 30.3 Å². The molecule has 1 nitrogen and oxygen atoms in total. The van der Waals surface area contributed by atoms with Gasteiger partial charge in [-0.25, -0.2) is 8.78 Å². The van der Waals surface area contributed by atoms with Crippen molar-refractivity contribution in [1.29, 1.82) is 0 Å². The molecule has 1 saturated carbocycles. The van der Waals surface area contributed by atoms with Crippen LogP contribution in [0.25, 0.3) is 0 Å². The Kier molecular flexibility index (Phi) is 7.86. The van der Waals surface area contributed by atoms with Crippen molar-refractivity contribution in [2.24, 2.45) is 5.92 Å². The summed E-state index contributed by atoms with van der Waals surface area (Å²) < 4.78 is 36.2. The Hall–Kier alpha value is -1.90. The average molecular weight is 441 g/mol. The van der Waals surface area contributed by atoms with Gasteiger partial charge in [0.25, 0.3) is 0 Å². The third-order valence-electron chi connectivity index (χ3n) is 7.67. The lowest BCUT2D eigenvalue weighted by Crippen LogP contribution is -2.17. The first-order chi connectivity index (χ1) is 15.6. The van der Waals surface area contributed by atoms with Crippen LogP contribution in [0.1, 0.15) is 106 Å². The van der Waals surface area contributed by atoms with Crippen LogP contribution in [0.4, 0.5) is 8.78 Å². The van der Waals surface area contributed by atoms with Gasteiger partial charge >= 0.3 is 0 Å². The molecule has 0 saturated heterocycles. The first-order valence-corrected chi connectivity index (χ1v) is 12.8. The van der Waals surface area contributed by atoms with E-state index in [4.69, 9.17) is 4.74 Å². The number of halogens is 2. The van der Waals surface area contributed by atoms with Gasteiger partial charge in [-0.05, 0) is 110 Å². The monoisotopic (exact) mass is 440 g/mol. The van der Waals surface area contributed by atoms with Crippen molar-refractivity contribution in [2.45, 2.75) is 96.3 Å². The van der Waals surface area contributed by atoms with Crippen LogP contribution >= 0.6 is 0 Å². The third kappa shape index (κ3) is 5.35. The maximum Gasteiger partial charge on any atom is 0.129 e. The molecule has 0 N–H and O–H groups in total. The second-order valence-electron chi connectivity index (χ2n) is 9.98. The van der Waals surface area contributed by atoms with E-state index in [2.05, 4.69) is 26.0 Å². The van der Waals surface area contributed by atoms with E-state index in [-0.39, 0.29) is 17.6 Å². The normalized spacial score (nSPS) is 23.1. The summed E-state index contributed by atoms with van der Waals surface area (Å²) in [6, 6.07) is 9.46. The number of fused-ring (bicyclic) bond motifs is 1. The summed E-state index contributed by atoms with van der Waals surface area (Å²) in [5.74, 6) is 1.22. The van der Waals surface area contributed by atoms with Gasteiger partial charge in [-0.1, -0.05) is 39.2 Å². The summed E-state index contributed by atoms with van der Waals surface area (Å²) in [6.07, 6.45) is 11.6. The van der Waals surface area contributed by atoms with Crippen molar-refractivity contribution in [3.63, 3.8) is 0 Å². The molecule has 4 rings (SSSR count). The SMILES string of the molecule is CCCCC1CCC(c2cc(F)c(C3CCc4cc(OCCC)ccc4C3)c(F)c2)CC1. The standard InChI is InChI=1S/C29H38F2O/c1-3-5-6-20-7-9-21(10-8-20)25-18-27(30)29(28(31)19-25)24-12-11-23-17-26(32-15-4-2)14-13-22(23)16-24/h13-14,17-21,24H,3-12,15-16H2,1-2H3. The smallest absolute Gasteiger partial charge is 0.129 e. The lowest BCUT2D eigenvalue weighted by atomic mass is 9.76. The van der Waals surface area contributed by atoms with E-state index in [9.17, 15) is 0 Å². The molecular formula is C29H38F2O. The van der Waals surface area contributed by atoms with Crippen LogP contribution in [0, 0.1) is 17.6 Å². The van der Waals surface area contributed by atoms with Gasteiger partial charge in [0.05, 0.1) is 6.61 Å². The zero-order valence-electron chi connectivity index (χ0n) is 19.8.